The summed E-state index contributed by atoms with van der Waals surface area (Å²) >= 11 is 0. The number of nitrogens with zero attached hydrogens (tertiary/aromatic N) is 1. The zero-order valence-electron chi connectivity index (χ0n) is 14.0. The van der Waals surface area contributed by atoms with E-state index >= 15 is 0 Å². The first kappa shape index (κ1) is 18.2. The molecule has 0 aliphatic heterocycles. The first-order valence-corrected chi connectivity index (χ1v) is 8.32. The maximum atomic E-state index is 5.60. The van der Waals surface area contributed by atoms with Crippen molar-refractivity contribution < 1.29 is 9.47 Å². The molecule has 5 nitrogen and oxygen atoms in total. The highest BCUT2D eigenvalue weighted by molar-refractivity contribution is 5.79. The highest BCUT2D eigenvalue weighted by Gasteiger charge is 2.20. The van der Waals surface area contributed by atoms with Crippen LogP contribution >= 0.6 is 0 Å². The standard InChI is InChI=1S/C16H33N3O2/c1-14(2)7-11-20-12-9-19-16(17-3)18-8-4-10-21-13-15-5-6-15/h14-15H,4-13H2,1-3H3,(H2,17,18,19). The summed E-state index contributed by atoms with van der Waals surface area (Å²) in [5.41, 5.74) is 0. The average Bonchev–Trinajstić information content (AvgIpc) is 3.27. The summed E-state index contributed by atoms with van der Waals surface area (Å²) in [7, 11) is 1.79. The van der Waals surface area contributed by atoms with E-state index in [-0.39, 0.29) is 0 Å². The topological polar surface area (TPSA) is 54.9 Å². The van der Waals surface area contributed by atoms with Gasteiger partial charge in [-0.05, 0) is 37.5 Å². The van der Waals surface area contributed by atoms with Gasteiger partial charge in [-0.15, -0.1) is 0 Å². The number of guanidine groups is 1. The first-order chi connectivity index (χ1) is 10.2. The molecule has 2 N–H and O–H groups in total. The van der Waals surface area contributed by atoms with Crippen LogP contribution in [0.2, 0.25) is 0 Å². The van der Waals surface area contributed by atoms with Gasteiger partial charge >= 0.3 is 0 Å². The average molecular weight is 299 g/mol. The number of hydrogen-bond donors (Lipinski definition) is 2. The van der Waals surface area contributed by atoms with Crippen molar-refractivity contribution in [3.63, 3.8) is 0 Å². The third kappa shape index (κ3) is 11.5. The van der Waals surface area contributed by atoms with Crippen molar-refractivity contribution in [2.45, 2.75) is 39.5 Å². The van der Waals surface area contributed by atoms with Crippen LogP contribution in [0.15, 0.2) is 4.99 Å². The van der Waals surface area contributed by atoms with Gasteiger partial charge in [-0.2, -0.15) is 0 Å². The molecule has 0 aromatic heterocycles. The molecule has 1 aliphatic carbocycles. The van der Waals surface area contributed by atoms with E-state index in [1.165, 1.54) is 12.8 Å². The Morgan fingerprint density at radius 2 is 1.86 bits per heavy atom. The van der Waals surface area contributed by atoms with Crippen LogP contribution in [0.4, 0.5) is 0 Å². The van der Waals surface area contributed by atoms with Crippen LogP contribution < -0.4 is 10.6 Å². The number of rotatable bonds is 12. The van der Waals surface area contributed by atoms with Crippen molar-refractivity contribution >= 4 is 5.96 Å². The highest BCUT2D eigenvalue weighted by Crippen LogP contribution is 2.28. The van der Waals surface area contributed by atoms with Crippen LogP contribution in [0.25, 0.3) is 0 Å². The molecule has 0 saturated heterocycles. The molecule has 1 saturated carbocycles. The van der Waals surface area contributed by atoms with E-state index in [1.54, 1.807) is 7.05 Å². The molecule has 0 aromatic carbocycles. The number of nitrogens with one attached hydrogen (secondary N) is 2. The highest BCUT2D eigenvalue weighted by atomic mass is 16.5. The van der Waals surface area contributed by atoms with Gasteiger partial charge in [0.15, 0.2) is 5.96 Å². The van der Waals surface area contributed by atoms with Crippen LogP contribution in [-0.2, 0) is 9.47 Å². The van der Waals surface area contributed by atoms with Gasteiger partial charge in [0.25, 0.3) is 0 Å². The minimum Gasteiger partial charge on any atom is -0.381 e. The Morgan fingerprint density at radius 1 is 1.10 bits per heavy atom. The molecule has 0 bridgehead atoms. The van der Waals surface area contributed by atoms with E-state index in [2.05, 4.69) is 29.5 Å². The van der Waals surface area contributed by atoms with E-state index in [9.17, 15) is 0 Å². The lowest BCUT2D eigenvalue weighted by atomic mass is 10.1. The summed E-state index contributed by atoms with van der Waals surface area (Å²) in [6.07, 6.45) is 4.84. The molecule has 0 aromatic rings. The monoisotopic (exact) mass is 299 g/mol. The Kier molecular flexibility index (Phi) is 10.3. The van der Waals surface area contributed by atoms with Gasteiger partial charge in [0.05, 0.1) is 6.61 Å². The van der Waals surface area contributed by atoms with Gasteiger partial charge < -0.3 is 20.1 Å². The van der Waals surface area contributed by atoms with E-state index in [0.717, 1.165) is 64.2 Å². The molecule has 5 heteroatoms. The third-order valence-electron chi connectivity index (χ3n) is 3.41. The first-order valence-electron chi connectivity index (χ1n) is 8.32. The zero-order valence-corrected chi connectivity index (χ0v) is 14.0. The SMILES string of the molecule is CN=C(NCCCOCC1CC1)NCCOCCC(C)C. The molecule has 1 fully saturated rings. The fraction of sp³-hybridized carbons (Fsp3) is 0.938. The number of ether oxygens (including phenoxy) is 2. The minimum atomic E-state index is 0.703. The molecule has 0 radical (unpaired) electrons. The van der Waals surface area contributed by atoms with E-state index in [0.29, 0.717) is 5.92 Å². The van der Waals surface area contributed by atoms with E-state index in [4.69, 9.17) is 9.47 Å². The molecule has 0 amide bonds. The maximum Gasteiger partial charge on any atom is 0.191 e. The number of aliphatic imine (C=N–C) groups is 1. The molecule has 1 aliphatic rings. The van der Waals surface area contributed by atoms with Gasteiger partial charge in [0.2, 0.25) is 0 Å². The fourth-order valence-electron chi connectivity index (χ4n) is 1.80. The second-order valence-electron chi connectivity index (χ2n) is 6.09. The molecule has 0 spiro atoms. The van der Waals surface area contributed by atoms with Crippen LogP contribution in [0.1, 0.15) is 39.5 Å². The molecule has 124 valence electrons. The second-order valence-corrected chi connectivity index (χ2v) is 6.09. The van der Waals surface area contributed by atoms with Crippen molar-refractivity contribution in [3.8, 4) is 0 Å². The summed E-state index contributed by atoms with van der Waals surface area (Å²) in [5, 5.41) is 6.54. The smallest absolute Gasteiger partial charge is 0.191 e. The lowest BCUT2D eigenvalue weighted by Gasteiger charge is -2.12. The van der Waals surface area contributed by atoms with Gasteiger partial charge in [-0.3, -0.25) is 4.99 Å². The third-order valence-corrected chi connectivity index (χ3v) is 3.41. The normalized spacial score (nSPS) is 15.5. The summed E-state index contributed by atoms with van der Waals surface area (Å²) < 4.78 is 11.2. The van der Waals surface area contributed by atoms with Crippen molar-refractivity contribution in [2.75, 3.05) is 46.6 Å². The second kappa shape index (κ2) is 11.8. The summed E-state index contributed by atoms with van der Waals surface area (Å²) in [6.45, 7) is 9.43. The Morgan fingerprint density at radius 3 is 2.52 bits per heavy atom. The van der Waals surface area contributed by atoms with Crippen LogP contribution in [0, 0.1) is 11.8 Å². The lowest BCUT2D eigenvalue weighted by molar-refractivity contribution is 0.122. The molecule has 0 atom stereocenters. The van der Waals surface area contributed by atoms with Crippen molar-refractivity contribution in [3.05, 3.63) is 0 Å². The quantitative estimate of drug-likeness (QED) is 0.329. The summed E-state index contributed by atoms with van der Waals surface area (Å²) in [6, 6.07) is 0. The molecule has 1 rings (SSSR count). The predicted octanol–water partition coefficient (Wildman–Crippen LogP) is 2.03. The van der Waals surface area contributed by atoms with E-state index < -0.39 is 0 Å². The maximum absolute atomic E-state index is 5.60. The Hall–Kier alpha value is -0.810. The molecule has 0 unspecified atom stereocenters. The molecular formula is C16H33N3O2. The van der Waals surface area contributed by atoms with E-state index in [1.807, 2.05) is 0 Å². The van der Waals surface area contributed by atoms with Crippen LogP contribution in [0.3, 0.4) is 0 Å². The van der Waals surface area contributed by atoms with Crippen molar-refractivity contribution in [1.82, 2.24) is 10.6 Å². The van der Waals surface area contributed by atoms with Crippen molar-refractivity contribution in [1.29, 1.82) is 0 Å². The lowest BCUT2D eigenvalue weighted by Crippen LogP contribution is -2.39. The zero-order chi connectivity index (χ0) is 15.3. The van der Waals surface area contributed by atoms with Gasteiger partial charge in [0, 0.05) is 40.0 Å². The van der Waals surface area contributed by atoms with Crippen LogP contribution in [0.5, 0.6) is 0 Å². The van der Waals surface area contributed by atoms with Gasteiger partial charge in [0.1, 0.15) is 0 Å². The van der Waals surface area contributed by atoms with Crippen LogP contribution in [-0.4, -0.2) is 52.5 Å². The molecule has 0 heterocycles. The fourth-order valence-corrected chi connectivity index (χ4v) is 1.80. The summed E-state index contributed by atoms with van der Waals surface area (Å²) in [4.78, 5) is 4.19. The predicted molar refractivity (Wildman–Crippen MR) is 87.8 cm³/mol. The Balaban J connectivity index is 1.86. The minimum absolute atomic E-state index is 0.703. The Bertz CT molecular complexity index is 263. The van der Waals surface area contributed by atoms with Crippen molar-refractivity contribution in [2.24, 2.45) is 16.8 Å². The number of hydrogen-bond acceptors (Lipinski definition) is 3. The summed E-state index contributed by atoms with van der Waals surface area (Å²) in [5.74, 6) is 2.39. The Labute approximate surface area is 129 Å². The molecule has 21 heavy (non-hydrogen) atoms. The van der Waals surface area contributed by atoms with Gasteiger partial charge in [-0.1, -0.05) is 13.8 Å². The van der Waals surface area contributed by atoms with Gasteiger partial charge in [-0.25, -0.2) is 0 Å². The molecular weight excluding hydrogens is 266 g/mol. The largest absolute Gasteiger partial charge is 0.381 e.